The summed E-state index contributed by atoms with van der Waals surface area (Å²) in [5.74, 6) is 0.601. The molecule has 0 aromatic carbocycles. The monoisotopic (exact) mass is 239 g/mol. The average molecular weight is 239 g/mol. The van der Waals surface area contributed by atoms with Gasteiger partial charge >= 0.3 is 0 Å². The lowest BCUT2D eigenvalue weighted by Gasteiger charge is -2.34. The Kier molecular flexibility index (Phi) is 4.48. The summed E-state index contributed by atoms with van der Waals surface area (Å²) in [6.45, 7) is 4.46. The zero-order valence-corrected chi connectivity index (χ0v) is 11.6. The van der Waals surface area contributed by atoms with Crippen LogP contribution in [0.15, 0.2) is 0 Å². The van der Waals surface area contributed by atoms with Gasteiger partial charge in [-0.3, -0.25) is 0 Å². The van der Waals surface area contributed by atoms with E-state index in [1.807, 2.05) is 0 Å². The van der Waals surface area contributed by atoms with Crippen LogP contribution in [0.3, 0.4) is 0 Å². The van der Waals surface area contributed by atoms with E-state index in [-0.39, 0.29) is 5.60 Å². The molecule has 1 aliphatic carbocycles. The molecule has 2 fully saturated rings. The molecule has 1 saturated heterocycles. The van der Waals surface area contributed by atoms with Gasteiger partial charge in [0.25, 0.3) is 0 Å². The molecule has 0 radical (unpaired) electrons. The van der Waals surface area contributed by atoms with Gasteiger partial charge in [-0.25, -0.2) is 0 Å². The minimum Gasteiger partial charge on any atom is -0.372 e. The number of ether oxygens (including phenoxy) is 1. The summed E-state index contributed by atoms with van der Waals surface area (Å²) in [5.41, 5.74) is 6.39. The molecule has 0 aromatic heterocycles. The molecule has 2 heteroatoms. The Morgan fingerprint density at radius 2 is 1.94 bits per heavy atom. The Morgan fingerprint density at radius 1 is 1.24 bits per heavy atom. The van der Waals surface area contributed by atoms with Crippen molar-refractivity contribution in [1.82, 2.24) is 0 Å². The summed E-state index contributed by atoms with van der Waals surface area (Å²) < 4.78 is 6.40. The number of nitrogens with two attached hydrogens (primary N) is 1. The zero-order chi connectivity index (χ0) is 12.3. The van der Waals surface area contributed by atoms with Crippen LogP contribution < -0.4 is 5.73 Å². The average Bonchev–Trinajstić information content (AvgIpc) is 2.72. The minimum absolute atomic E-state index is 0.277. The highest BCUT2D eigenvalue weighted by Gasteiger charge is 2.41. The SMILES string of the molecule is CCC(N)C(C)CC1CCC2(CCCCC2)O1. The van der Waals surface area contributed by atoms with Gasteiger partial charge in [0, 0.05) is 6.04 Å². The van der Waals surface area contributed by atoms with Crippen LogP contribution in [-0.2, 0) is 4.74 Å². The first kappa shape index (κ1) is 13.4. The molecule has 2 N–H and O–H groups in total. The second-order valence-electron chi connectivity index (χ2n) is 6.31. The van der Waals surface area contributed by atoms with E-state index in [2.05, 4.69) is 13.8 Å². The summed E-state index contributed by atoms with van der Waals surface area (Å²) in [6.07, 6.45) is 12.1. The number of rotatable bonds is 4. The van der Waals surface area contributed by atoms with Crippen molar-refractivity contribution >= 4 is 0 Å². The predicted molar refractivity (Wildman–Crippen MR) is 72.0 cm³/mol. The number of hydrogen-bond acceptors (Lipinski definition) is 2. The molecule has 3 unspecified atom stereocenters. The molecule has 1 aliphatic heterocycles. The van der Waals surface area contributed by atoms with Crippen molar-refractivity contribution in [3.63, 3.8) is 0 Å². The Hall–Kier alpha value is -0.0800. The van der Waals surface area contributed by atoms with Crippen molar-refractivity contribution in [3.8, 4) is 0 Å². The van der Waals surface area contributed by atoms with Crippen LogP contribution in [0.1, 0.15) is 71.6 Å². The van der Waals surface area contributed by atoms with Crippen LogP contribution in [0.4, 0.5) is 0 Å². The first-order valence-electron chi connectivity index (χ1n) is 7.58. The van der Waals surface area contributed by atoms with Crippen molar-refractivity contribution < 1.29 is 4.74 Å². The molecule has 17 heavy (non-hydrogen) atoms. The maximum atomic E-state index is 6.40. The molecule has 2 rings (SSSR count). The molecular formula is C15H29NO. The fourth-order valence-electron chi connectivity index (χ4n) is 3.62. The molecule has 2 nitrogen and oxygen atoms in total. The molecule has 0 bridgehead atoms. The summed E-state index contributed by atoms with van der Waals surface area (Å²) in [4.78, 5) is 0. The molecule has 1 spiro atoms. The van der Waals surface area contributed by atoms with Gasteiger partial charge < -0.3 is 10.5 Å². The second kappa shape index (κ2) is 5.71. The Balaban J connectivity index is 1.81. The van der Waals surface area contributed by atoms with Crippen molar-refractivity contribution in [1.29, 1.82) is 0 Å². The van der Waals surface area contributed by atoms with Crippen molar-refractivity contribution in [3.05, 3.63) is 0 Å². The largest absolute Gasteiger partial charge is 0.372 e. The molecule has 1 saturated carbocycles. The van der Waals surface area contributed by atoms with Crippen LogP contribution in [0, 0.1) is 5.92 Å². The Labute approximate surface area is 106 Å². The second-order valence-corrected chi connectivity index (χ2v) is 6.31. The highest BCUT2D eigenvalue weighted by atomic mass is 16.5. The first-order valence-corrected chi connectivity index (χ1v) is 7.58. The third kappa shape index (κ3) is 3.23. The van der Waals surface area contributed by atoms with Gasteiger partial charge in [-0.2, -0.15) is 0 Å². The van der Waals surface area contributed by atoms with Crippen molar-refractivity contribution in [2.24, 2.45) is 11.7 Å². The zero-order valence-electron chi connectivity index (χ0n) is 11.6. The predicted octanol–water partition coefficient (Wildman–Crippen LogP) is 3.63. The lowest BCUT2D eigenvalue weighted by Crippen LogP contribution is -2.34. The normalized spacial score (nSPS) is 31.6. The summed E-state index contributed by atoms with van der Waals surface area (Å²) in [7, 11) is 0. The first-order chi connectivity index (χ1) is 8.15. The van der Waals surface area contributed by atoms with E-state index in [0.717, 1.165) is 12.8 Å². The minimum atomic E-state index is 0.277. The standard InChI is InChI=1S/C15H29NO/c1-3-14(16)12(2)11-13-7-10-15(17-13)8-5-4-6-9-15/h12-14H,3-11,16H2,1-2H3. The van der Waals surface area contributed by atoms with Crippen molar-refractivity contribution in [2.75, 3.05) is 0 Å². The van der Waals surface area contributed by atoms with E-state index in [4.69, 9.17) is 10.5 Å². The maximum absolute atomic E-state index is 6.40. The van der Waals surface area contributed by atoms with Crippen LogP contribution in [0.25, 0.3) is 0 Å². The Bertz CT molecular complexity index is 235. The molecular weight excluding hydrogens is 210 g/mol. The van der Waals surface area contributed by atoms with E-state index in [1.54, 1.807) is 0 Å². The lowest BCUT2D eigenvalue weighted by molar-refractivity contribution is -0.0700. The molecule has 100 valence electrons. The van der Waals surface area contributed by atoms with Gasteiger partial charge in [-0.1, -0.05) is 33.1 Å². The topological polar surface area (TPSA) is 35.2 Å². The van der Waals surface area contributed by atoms with Gasteiger partial charge in [0.15, 0.2) is 0 Å². The molecule has 0 aromatic rings. The highest BCUT2D eigenvalue weighted by Crippen LogP contribution is 2.43. The van der Waals surface area contributed by atoms with Gasteiger partial charge in [0.1, 0.15) is 0 Å². The quantitative estimate of drug-likeness (QED) is 0.813. The fourth-order valence-corrected chi connectivity index (χ4v) is 3.62. The summed E-state index contributed by atoms with van der Waals surface area (Å²) in [5, 5.41) is 0. The highest BCUT2D eigenvalue weighted by molar-refractivity contribution is 4.92. The van der Waals surface area contributed by atoms with Crippen LogP contribution >= 0.6 is 0 Å². The number of hydrogen-bond donors (Lipinski definition) is 1. The van der Waals surface area contributed by atoms with E-state index >= 15 is 0 Å². The van der Waals surface area contributed by atoms with E-state index < -0.39 is 0 Å². The summed E-state index contributed by atoms with van der Waals surface area (Å²) >= 11 is 0. The lowest BCUT2D eigenvalue weighted by atomic mass is 9.83. The fraction of sp³-hybridized carbons (Fsp3) is 1.00. The maximum Gasteiger partial charge on any atom is 0.0687 e. The van der Waals surface area contributed by atoms with E-state index in [1.165, 1.54) is 44.9 Å². The van der Waals surface area contributed by atoms with Gasteiger partial charge in [-0.05, 0) is 44.4 Å². The summed E-state index contributed by atoms with van der Waals surface area (Å²) in [6, 6.07) is 0.349. The smallest absolute Gasteiger partial charge is 0.0687 e. The van der Waals surface area contributed by atoms with Crippen LogP contribution in [0.5, 0.6) is 0 Å². The van der Waals surface area contributed by atoms with Crippen LogP contribution in [0.2, 0.25) is 0 Å². The van der Waals surface area contributed by atoms with Crippen molar-refractivity contribution in [2.45, 2.75) is 89.4 Å². The van der Waals surface area contributed by atoms with Crippen LogP contribution in [-0.4, -0.2) is 17.7 Å². The molecule has 0 amide bonds. The van der Waals surface area contributed by atoms with Gasteiger partial charge in [0.05, 0.1) is 11.7 Å². The van der Waals surface area contributed by atoms with E-state index in [0.29, 0.717) is 18.1 Å². The molecule has 2 aliphatic rings. The van der Waals surface area contributed by atoms with Gasteiger partial charge in [-0.15, -0.1) is 0 Å². The third-order valence-electron chi connectivity index (χ3n) is 4.94. The van der Waals surface area contributed by atoms with Gasteiger partial charge in [0.2, 0.25) is 0 Å². The third-order valence-corrected chi connectivity index (χ3v) is 4.94. The van der Waals surface area contributed by atoms with E-state index in [9.17, 15) is 0 Å². The molecule has 3 atom stereocenters. The molecule has 1 heterocycles. The Morgan fingerprint density at radius 3 is 2.59 bits per heavy atom.